The van der Waals surface area contributed by atoms with Gasteiger partial charge in [0.25, 0.3) is 11.8 Å². The lowest BCUT2D eigenvalue weighted by molar-refractivity contribution is -0.132. The molecule has 51 heavy (non-hydrogen) atoms. The van der Waals surface area contributed by atoms with Crippen molar-refractivity contribution < 1.29 is 38.1 Å². The van der Waals surface area contributed by atoms with E-state index >= 15 is 0 Å². The second-order valence-corrected chi connectivity index (χ2v) is 13.8. The van der Waals surface area contributed by atoms with Crippen LogP contribution in [0.25, 0.3) is 11.1 Å². The standard InChI is InChI=1S/C36H44N6O8S/c1-39(2)21-31-38-28(23-51-31)35(45)40-10-5-4-9-37-34(44)24-7-8-29(47-3)27(18-24)25-17-26-20-41(32(43)22-42-13-16-50-36(42)46)12-15-49-33(26)30(19-25)48-14-6-11-40/h7-8,17-19,23H,4-6,9-16,20-22H2,1-3H3,(H,37,44). The Kier molecular flexibility index (Phi) is 11.6. The summed E-state index contributed by atoms with van der Waals surface area (Å²) in [6.45, 7) is 3.65. The summed E-state index contributed by atoms with van der Waals surface area (Å²) >= 11 is 1.47. The lowest BCUT2D eigenvalue weighted by atomic mass is 9.98. The first-order chi connectivity index (χ1) is 24.7. The van der Waals surface area contributed by atoms with Gasteiger partial charge >= 0.3 is 6.09 Å². The summed E-state index contributed by atoms with van der Waals surface area (Å²) in [5.74, 6) is 0.983. The molecule has 15 heteroatoms. The highest BCUT2D eigenvalue weighted by molar-refractivity contribution is 7.09. The van der Waals surface area contributed by atoms with Gasteiger partial charge in [-0.05, 0) is 69.3 Å². The Morgan fingerprint density at radius 1 is 0.941 bits per heavy atom. The topological polar surface area (TPSA) is 143 Å². The number of carbonyl (C=O) groups is 4. The van der Waals surface area contributed by atoms with Crippen molar-refractivity contribution in [3.05, 3.63) is 57.5 Å². The Balaban J connectivity index is 1.29. The summed E-state index contributed by atoms with van der Waals surface area (Å²) < 4.78 is 23.4. The summed E-state index contributed by atoms with van der Waals surface area (Å²) in [6.07, 6.45) is 1.44. The number of aromatic nitrogens is 1. The molecule has 1 fully saturated rings. The number of amides is 4. The molecule has 272 valence electrons. The molecule has 3 aromatic rings. The van der Waals surface area contributed by atoms with E-state index in [1.54, 1.807) is 35.1 Å². The van der Waals surface area contributed by atoms with Crippen molar-refractivity contribution in [1.29, 1.82) is 0 Å². The molecule has 1 saturated heterocycles. The van der Waals surface area contributed by atoms with Crippen LogP contribution in [0.4, 0.5) is 4.79 Å². The van der Waals surface area contributed by atoms with E-state index < -0.39 is 6.09 Å². The zero-order chi connectivity index (χ0) is 35.9. The molecule has 3 aliphatic heterocycles. The van der Waals surface area contributed by atoms with Gasteiger partial charge in [-0.3, -0.25) is 19.3 Å². The Bertz CT molecular complexity index is 1760. The maximum atomic E-state index is 13.6. The van der Waals surface area contributed by atoms with Crippen molar-refractivity contribution >= 4 is 35.2 Å². The van der Waals surface area contributed by atoms with Crippen LogP contribution in [-0.4, -0.2) is 129 Å². The summed E-state index contributed by atoms with van der Waals surface area (Å²) in [5, 5.41) is 5.70. The molecule has 1 aromatic heterocycles. The van der Waals surface area contributed by atoms with Gasteiger partial charge in [0.15, 0.2) is 11.5 Å². The van der Waals surface area contributed by atoms with Crippen molar-refractivity contribution in [2.24, 2.45) is 0 Å². The van der Waals surface area contributed by atoms with Gasteiger partial charge in [0.05, 0.1) is 26.8 Å². The third kappa shape index (κ3) is 8.71. The number of cyclic esters (lactones) is 1. The van der Waals surface area contributed by atoms with E-state index in [1.165, 1.54) is 16.2 Å². The van der Waals surface area contributed by atoms with E-state index in [0.29, 0.717) is 105 Å². The Hall–Kier alpha value is -4.89. The Morgan fingerprint density at radius 3 is 2.55 bits per heavy atom. The number of rotatable bonds is 6. The minimum absolute atomic E-state index is 0.0880. The number of hydrogen-bond acceptors (Lipinski definition) is 11. The van der Waals surface area contributed by atoms with Crippen LogP contribution >= 0.6 is 11.3 Å². The fourth-order valence-corrected chi connectivity index (χ4v) is 7.15. The third-order valence-corrected chi connectivity index (χ3v) is 9.71. The second-order valence-electron chi connectivity index (χ2n) is 12.9. The summed E-state index contributed by atoms with van der Waals surface area (Å²) in [4.78, 5) is 63.8. The molecule has 0 saturated carbocycles. The average Bonchev–Trinajstić information content (AvgIpc) is 3.68. The zero-order valence-corrected chi connectivity index (χ0v) is 30.1. The zero-order valence-electron chi connectivity index (χ0n) is 29.3. The van der Waals surface area contributed by atoms with E-state index in [1.807, 2.05) is 36.5 Å². The third-order valence-electron chi connectivity index (χ3n) is 8.88. The van der Waals surface area contributed by atoms with Crippen LogP contribution in [0.1, 0.15) is 50.7 Å². The highest BCUT2D eigenvalue weighted by Gasteiger charge is 2.29. The van der Waals surface area contributed by atoms with Crippen LogP contribution < -0.4 is 19.5 Å². The smallest absolute Gasteiger partial charge is 0.410 e. The van der Waals surface area contributed by atoms with E-state index in [9.17, 15) is 19.2 Å². The van der Waals surface area contributed by atoms with Crippen LogP contribution in [0.3, 0.4) is 0 Å². The van der Waals surface area contributed by atoms with E-state index in [0.717, 1.165) is 10.6 Å². The molecule has 0 radical (unpaired) electrons. The van der Waals surface area contributed by atoms with Crippen molar-refractivity contribution in [2.45, 2.75) is 32.4 Å². The number of methoxy groups -OCH3 is 1. The Labute approximate surface area is 301 Å². The number of benzene rings is 2. The number of nitrogens with one attached hydrogen (secondary N) is 1. The van der Waals surface area contributed by atoms with Crippen molar-refractivity contribution in [1.82, 2.24) is 29.9 Å². The molecular formula is C36H44N6O8S. The fourth-order valence-electron chi connectivity index (χ4n) is 6.27. The molecule has 14 nitrogen and oxygen atoms in total. The largest absolute Gasteiger partial charge is 0.496 e. The minimum atomic E-state index is -0.500. The first-order valence-electron chi connectivity index (χ1n) is 17.2. The molecule has 4 heterocycles. The van der Waals surface area contributed by atoms with Crippen LogP contribution in [0.2, 0.25) is 0 Å². The van der Waals surface area contributed by atoms with Gasteiger partial charge in [0.2, 0.25) is 5.91 Å². The normalized spacial score (nSPS) is 17.1. The highest BCUT2D eigenvalue weighted by Crippen LogP contribution is 2.41. The van der Waals surface area contributed by atoms with Gasteiger partial charge < -0.3 is 39.0 Å². The number of fused-ring (bicyclic) bond motifs is 7. The van der Waals surface area contributed by atoms with Crippen LogP contribution in [-0.2, 0) is 22.6 Å². The maximum Gasteiger partial charge on any atom is 0.410 e. The molecule has 4 amide bonds. The SMILES string of the molecule is COc1ccc2cc1-c1cc3c(c(c1)OCCCN(C(=O)c1csc(CN(C)C)n1)CCCCNC2=O)OCCN(C(=O)CN1CCOC1=O)C3. The lowest BCUT2D eigenvalue weighted by Crippen LogP contribution is -2.41. The van der Waals surface area contributed by atoms with E-state index in [-0.39, 0.29) is 44.0 Å². The van der Waals surface area contributed by atoms with Gasteiger partial charge in [0, 0.05) is 54.8 Å². The molecule has 0 aliphatic carbocycles. The number of thiazole rings is 1. The summed E-state index contributed by atoms with van der Waals surface area (Å²) in [5.41, 5.74) is 3.00. The molecule has 0 unspecified atom stereocenters. The first-order valence-corrected chi connectivity index (χ1v) is 18.0. The molecule has 3 aliphatic rings. The molecular weight excluding hydrogens is 676 g/mol. The minimum Gasteiger partial charge on any atom is -0.496 e. The van der Waals surface area contributed by atoms with Gasteiger partial charge in [-0.1, -0.05) is 0 Å². The number of nitrogens with zero attached hydrogens (tertiary/aromatic N) is 5. The van der Waals surface area contributed by atoms with Gasteiger partial charge in [0.1, 0.15) is 36.2 Å². The number of hydrogen-bond donors (Lipinski definition) is 1. The molecule has 0 spiro atoms. The van der Waals surface area contributed by atoms with Crippen LogP contribution in [0.5, 0.6) is 17.2 Å². The van der Waals surface area contributed by atoms with Crippen molar-refractivity contribution in [2.75, 3.05) is 80.3 Å². The lowest BCUT2D eigenvalue weighted by Gasteiger charge is -2.23. The van der Waals surface area contributed by atoms with Gasteiger partial charge in [-0.15, -0.1) is 11.3 Å². The van der Waals surface area contributed by atoms with Crippen LogP contribution in [0.15, 0.2) is 35.7 Å². The van der Waals surface area contributed by atoms with Gasteiger partial charge in [-0.25, -0.2) is 9.78 Å². The summed E-state index contributed by atoms with van der Waals surface area (Å²) in [6, 6.07) is 9.05. The highest BCUT2D eigenvalue weighted by atomic mass is 32.1. The predicted octanol–water partition coefficient (Wildman–Crippen LogP) is 3.49. The van der Waals surface area contributed by atoms with Crippen LogP contribution in [0, 0.1) is 0 Å². The second kappa shape index (κ2) is 16.4. The fraction of sp³-hybridized carbons (Fsp3) is 0.472. The number of carbonyl (C=O) groups excluding carboxylic acids is 4. The maximum absolute atomic E-state index is 13.6. The van der Waals surface area contributed by atoms with Crippen molar-refractivity contribution in [3.63, 3.8) is 0 Å². The monoisotopic (exact) mass is 720 g/mol. The van der Waals surface area contributed by atoms with E-state index in [4.69, 9.17) is 18.9 Å². The summed E-state index contributed by atoms with van der Waals surface area (Å²) in [7, 11) is 5.50. The van der Waals surface area contributed by atoms with Gasteiger partial charge in [-0.2, -0.15) is 0 Å². The predicted molar refractivity (Wildman–Crippen MR) is 189 cm³/mol. The molecule has 2 aromatic carbocycles. The average molecular weight is 721 g/mol. The first kappa shape index (κ1) is 35.9. The molecule has 6 rings (SSSR count). The molecule has 0 atom stereocenters. The van der Waals surface area contributed by atoms with E-state index in [2.05, 4.69) is 10.3 Å². The Morgan fingerprint density at radius 2 is 1.76 bits per heavy atom. The van der Waals surface area contributed by atoms with Crippen molar-refractivity contribution in [3.8, 4) is 28.4 Å². The number of ether oxygens (including phenoxy) is 4. The molecule has 1 N–H and O–H groups in total. The molecule has 4 bridgehead atoms. The quantitative estimate of drug-likeness (QED) is 0.402.